The maximum absolute atomic E-state index is 12.8. The zero-order valence-corrected chi connectivity index (χ0v) is 22.7. The van der Waals surface area contributed by atoms with Crippen LogP contribution in [0.15, 0.2) is 30.3 Å². The Bertz CT molecular complexity index is 870. The Morgan fingerprint density at radius 3 is 2.27 bits per heavy atom. The Labute approximate surface area is 231 Å². The zero-order valence-electron chi connectivity index (χ0n) is 21.1. The number of unbranched alkanes of at least 4 members (excludes halogenated alkanes) is 1. The highest BCUT2D eigenvalue weighted by Crippen LogP contribution is 2.28. The Balaban J connectivity index is 0.00000342. The minimum Gasteiger partial charge on any atom is -0.444 e. The van der Waals surface area contributed by atoms with Crippen molar-refractivity contribution in [2.45, 2.75) is 70.1 Å². The number of rotatable bonds is 10. The van der Waals surface area contributed by atoms with Crippen molar-refractivity contribution in [3.8, 4) is 0 Å². The highest BCUT2D eigenvalue weighted by molar-refractivity contribution is 5.92. The molecule has 1 saturated carbocycles. The van der Waals surface area contributed by atoms with Crippen LogP contribution in [-0.2, 0) is 20.9 Å². The van der Waals surface area contributed by atoms with Gasteiger partial charge in [0.25, 0.3) is 0 Å². The average molecular weight is 560 g/mol. The Hall–Kier alpha value is -2.56. The van der Waals surface area contributed by atoms with Gasteiger partial charge in [0.1, 0.15) is 12.6 Å². The molecular formula is C25H40Cl2N6O4. The number of hydrogen-bond donors (Lipinski definition) is 5. The summed E-state index contributed by atoms with van der Waals surface area (Å²) in [7, 11) is 0. The molecule has 2 aliphatic rings. The van der Waals surface area contributed by atoms with Crippen LogP contribution in [0.1, 0.15) is 56.9 Å². The van der Waals surface area contributed by atoms with E-state index in [2.05, 4.69) is 16.0 Å². The van der Waals surface area contributed by atoms with Crippen molar-refractivity contribution in [3.05, 3.63) is 35.9 Å². The molecule has 1 aromatic rings. The predicted molar refractivity (Wildman–Crippen MR) is 147 cm³/mol. The molecule has 10 nitrogen and oxygen atoms in total. The van der Waals surface area contributed by atoms with Crippen LogP contribution in [0.4, 0.5) is 4.79 Å². The first-order valence-corrected chi connectivity index (χ1v) is 12.6. The molecule has 1 aliphatic heterocycles. The van der Waals surface area contributed by atoms with Crippen molar-refractivity contribution in [2.24, 2.45) is 11.7 Å². The second-order valence-electron chi connectivity index (χ2n) is 9.25. The summed E-state index contributed by atoms with van der Waals surface area (Å²) in [4.78, 5) is 38.6. The number of carbonyl (C=O) groups is 3. The summed E-state index contributed by atoms with van der Waals surface area (Å²) in [5, 5.41) is 15.8. The van der Waals surface area contributed by atoms with E-state index in [0.29, 0.717) is 38.9 Å². The van der Waals surface area contributed by atoms with E-state index in [1.54, 1.807) is 4.90 Å². The molecule has 1 aromatic carbocycles. The van der Waals surface area contributed by atoms with Crippen LogP contribution in [0.5, 0.6) is 0 Å². The highest BCUT2D eigenvalue weighted by Gasteiger charge is 2.41. The van der Waals surface area contributed by atoms with Gasteiger partial charge in [0.15, 0.2) is 5.96 Å². The number of benzene rings is 1. The minimum absolute atomic E-state index is 0. The van der Waals surface area contributed by atoms with Crippen LogP contribution in [-0.4, -0.2) is 60.5 Å². The van der Waals surface area contributed by atoms with Gasteiger partial charge in [0.05, 0.1) is 6.04 Å². The third-order valence-electron chi connectivity index (χ3n) is 6.69. The number of nitrogens with zero attached hydrogens (tertiary/aromatic N) is 1. The summed E-state index contributed by atoms with van der Waals surface area (Å²) in [5.41, 5.74) is 7.10. The molecule has 0 spiro atoms. The van der Waals surface area contributed by atoms with Crippen LogP contribution in [0.2, 0.25) is 0 Å². The number of amides is 3. The van der Waals surface area contributed by atoms with Gasteiger partial charge in [-0.2, -0.15) is 0 Å². The lowest BCUT2D eigenvalue weighted by atomic mass is 9.83. The molecule has 2 fully saturated rings. The fraction of sp³-hybridized carbons (Fsp3) is 0.600. The van der Waals surface area contributed by atoms with E-state index in [0.717, 1.165) is 31.2 Å². The van der Waals surface area contributed by atoms with Crippen LogP contribution in [0, 0.1) is 11.3 Å². The molecule has 1 aliphatic carbocycles. The van der Waals surface area contributed by atoms with E-state index >= 15 is 0 Å². The summed E-state index contributed by atoms with van der Waals surface area (Å²) in [6, 6.07) is 8.37. The third-order valence-corrected chi connectivity index (χ3v) is 6.69. The van der Waals surface area contributed by atoms with Gasteiger partial charge in [-0.05, 0) is 43.6 Å². The van der Waals surface area contributed by atoms with Gasteiger partial charge in [0, 0.05) is 19.6 Å². The fourth-order valence-electron chi connectivity index (χ4n) is 4.51. The largest absolute Gasteiger partial charge is 0.444 e. The van der Waals surface area contributed by atoms with Gasteiger partial charge in [-0.3, -0.25) is 20.3 Å². The normalized spacial score (nSPS) is 17.6. The number of alkyl carbamates (subject to hydrolysis) is 1. The summed E-state index contributed by atoms with van der Waals surface area (Å²) in [5.74, 6) is -0.137. The number of guanidine groups is 1. The SMILES string of the molecule is Cl.Cl.N=C(NCCCCNC(=O)[C@@H]1CCN1C(=O)C(N)C1CCCCC1)NC(=O)OCc1ccccc1. The maximum atomic E-state index is 12.8. The molecular weight excluding hydrogens is 519 g/mol. The molecule has 1 heterocycles. The molecule has 37 heavy (non-hydrogen) atoms. The van der Waals surface area contributed by atoms with Crippen LogP contribution < -0.4 is 21.7 Å². The highest BCUT2D eigenvalue weighted by atomic mass is 35.5. The van der Waals surface area contributed by atoms with Crippen molar-refractivity contribution in [1.29, 1.82) is 5.41 Å². The number of ether oxygens (including phenoxy) is 1. The van der Waals surface area contributed by atoms with Gasteiger partial charge in [-0.25, -0.2) is 4.79 Å². The van der Waals surface area contributed by atoms with Crippen molar-refractivity contribution in [3.63, 3.8) is 0 Å². The molecule has 0 aromatic heterocycles. The molecule has 1 unspecified atom stereocenters. The minimum atomic E-state index is -0.693. The zero-order chi connectivity index (χ0) is 25.0. The van der Waals surface area contributed by atoms with Crippen LogP contribution >= 0.6 is 24.8 Å². The second kappa shape index (κ2) is 17.0. The van der Waals surface area contributed by atoms with Gasteiger partial charge >= 0.3 is 6.09 Å². The fourth-order valence-corrected chi connectivity index (χ4v) is 4.51. The summed E-state index contributed by atoms with van der Waals surface area (Å²) in [6.45, 7) is 1.67. The monoisotopic (exact) mass is 558 g/mol. The maximum Gasteiger partial charge on any atom is 0.414 e. The first-order valence-electron chi connectivity index (χ1n) is 12.6. The molecule has 208 valence electrons. The van der Waals surface area contributed by atoms with E-state index in [4.69, 9.17) is 15.9 Å². The van der Waals surface area contributed by atoms with E-state index in [9.17, 15) is 14.4 Å². The molecule has 0 radical (unpaired) electrons. The molecule has 12 heteroatoms. The van der Waals surface area contributed by atoms with E-state index in [1.807, 2.05) is 30.3 Å². The summed E-state index contributed by atoms with van der Waals surface area (Å²) >= 11 is 0. The van der Waals surface area contributed by atoms with Crippen molar-refractivity contribution < 1.29 is 19.1 Å². The summed E-state index contributed by atoms with van der Waals surface area (Å²) < 4.78 is 5.07. The standard InChI is InChI=1S/C25H38N6O4.2ClH/c26-21(19-11-5-2-6-12-19)23(33)31-16-13-20(31)22(32)28-14-7-8-15-29-24(27)30-25(34)35-17-18-9-3-1-4-10-18;;/h1,3-4,9-10,19-21H,2,5-8,11-17,26H2,(H,28,32)(H3,27,29,30,34);2*1H/t20-,21?;;/m0../s1. The number of nitrogens with two attached hydrogens (primary N) is 1. The molecule has 2 atom stereocenters. The van der Waals surface area contributed by atoms with E-state index in [1.165, 1.54) is 6.42 Å². The molecule has 3 amide bonds. The third kappa shape index (κ3) is 10.4. The van der Waals surface area contributed by atoms with Crippen molar-refractivity contribution in [1.82, 2.24) is 20.9 Å². The predicted octanol–water partition coefficient (Wildman–Crippen LogP) is 2.69. The van der Waals surface area contributed by atoms with E-state index < -0.39 is 18.2 Å². The molecule has 0 bridgehead atoms. The van der Waals surface area contributed by atoms with Crippen LogP contribution in [0.25, 0.3) is 0 Å². The van der Waals surface area contributed by atoms with Gasteiger partial charge < -0.3 is 26.0 Å². The Kier molecular flexibility index (Phi) is 15.0. The smallest absolute Gasteiger partial charge is 0.414 e. The van der Waals surface area contributed by atoms with Crippen molar-refractivity contribution in [2.75, 3.05) is 19.6 Å². The number of carbonyl (C=O) groups excluding carboxylic acids is 3. The van der Waals surface area contributed by atoms with Crippen molar-refractivity contribution >= 4 is 48.7 Å². The van der Waals surface area contributed by atoms with Gasteiger partial charge in [-0.1, -0.05) is 49.6 Å². The molecule has 6 N–H and O–H groups in total. The van der Waals surface area contributed by atoms with E-state index in [-0.39, 0.29) is 55.1 Å². The first-order chi connectivity index (χ1) is 17.0. The Morgan fingerprint density at radius 1 is 1.00 bits per heavy atom. The quantitative estimate of drug-likeness (QED) is 0.169. The topological polar surface area (TPSA) is 150 Å². The number of halogens is 2. The molecule has 1 saturated heterocycles. The number of nitrogens with one attached hydrogen (secondary N) is 4. The molecule has 3 rings (SSSR count). The average Bonchev–Trinajstić information content (AvgIpc) is 2.84. The van der Waals surface area contributed by atoms with Gasteiger partial charge in [-0.15, -0.1) is 24.8 Å². The first kappa shape index (κ1) is 32.5. The lowest BCUT2D eigenvalue weighted by molar-refractivity contribution is -0.149. The van der Waals surface area contributed by atoms with Crippen LogP contribution in [0.3, 0.4) is 0 Å². The summed E-state index contributed by atoms with van der Waals surface area (Å²) in [6.07, 6.45) is 6.81. The lowest BCUT2D eigenvalue weighted by Gasteiger charge is -2.42. The lowest BCUT2D eigenvalue weighted by Crippen LogP contribution is -2.62. The van der Waals surface area contributed by atoms with Gasteiger partial charge in [0.2, 0.25) is 11.8 Å². The second-order valence-corrected chi connectivity index (χ2v) is 9.25. The Morgan fingerprint density at radius 2 is 1.65 bits per heavy atom. The number of likely N-dealkylation sites (tertiary alicyclic amines) is 1. The number of hydrogen-bond acceptors (Lipinski definition) is 6.